The van der Waals surface area contributed by atoms with Gasteiger partial charge >= 0.3 is 0 Å². The first-order valence-electron chi connectivity index (χ1n) is 3.34. The van der Waals surface area contributed by atoms with E-state index in [4.69, 9.17) is 4.84 Å². The van der Waals surface area contributed by atoms with Gasteiger partial charge in [0.25, 0.3) is 0 Å². The largest absolute Gasteiger partial charge is 0.413 e. The maximum atomic E-state index is 5.14. The van der Waals surface area contributed by atoms with Crippen LogP contribution in [0.15, 0.2) is 11.8 Å². The van der Waals surface area contributed by atoms with E-state index in [9.17, 15) is 0 Å². The maximum absolute atomic E-state index is 5.14. The fourth-order valence-corrected chi connectivity index (χ4v) is 0.953. The fourth-order valence-electron chi connectivity index (χ4n) is 0.953. The van der Waals surface area contributed by atoms with Crippen LogP contribution in [0.5, 0.6) is 0 Å². The summed E-state index contributed by atoms with van der Waals surface area (Å²) in [6, 6.07) is 0.468. The van der Waals surface area contributed by atoms with Gasteiger partial charge in [-0.05, 0) is 18.9 Å². The lowest BCUT2D eigenvalue weighted by Crippen LogP contribution is -2.22. The number of hydrogen-bond donors (Lipinski definition) is 0. The molecule has 0 amide bonds. The van der Waals surface area contributed by atoms with E-state index < -0.39 is 0 Å². The van der Waals surface area contributed by atoms with Crippen molar-refractivity contribution in [3.05, 3.63) is 11.8 Å². The van der Waals surface area contributed by atoms with Gasteiger partial charge in [0.1, 0.15) is 6.26 Å². The van der Waals surface area contributed by atoms with Crippen LogP contribution >= 0.6 is 0 Å². The molecule has 1 aliphatic rings. The Labute approximate surface area is 56.1 Å². The molecular formula is C7H13NO. The van der Waals surface area contributed by atoms with Crippen LogP contribution < -0.4 is 0 Å². The second-order valence-electron chi connectivity index (χ2n) is 2.37. The molecular weight excluding hydrogens is 114 g/mol. The highest BCUT2D eigenvalue weighted by molar-refractivity contribution is 5.08. The Morgan fingerprint density at radius 1 is 1.78 bits per heavy atom. The monoisotopic (exact) mass is 127 g/mol. The lowest BCUT2D eigenvalue weighted by molar-refractivity contribution is -0.0750. The molecule has 9 heavy (non-hydrogen) atoms. The van der Waals surface area contributed by atoms with Crippen molar-refractivity contribution < 1.29 is 4.84 Å². The molecule has 2 heteroatoms. The topological polar surface area (TPSA) is 12.5 Å². The summed E-state index contributed by atoms with van der Waals surface area (Å²) < 4.78 is 0. The summed E-state index contributed by atoms with van der Waals surface area (Å²) in [7, 11) is 1.95. The van der Waals surface area contributed by atoms with Gasteiger partial charge in [-0.3, -0.25) is 0 Å². The molecule has 0 N–H and O–H groups in total. The van der Waals surface area contributed by atoms with Crippen LogP contribution in [-0.4, -0.2) is 18.2 Å². The summed E-state index contributed by atoms with van der Waals surface area (Å²) >= 11 is 0. The van der Waals surface area contributed by atoms with E-state index in [1.165, 1.54) is 5.57 Å². The van der Waals surface area contributed by atoms with Gasteiger partial charge in [-0.25, -0.2) is 0 Å². The molecule has 0 bridgehead atoms. The third-order valence-electron chi connectivity index (χ3n) is 1.86. The summed E-state index contributed by atoms with van der Waals surface area (Å²) in [5, 5.41) is 1.86. The summed E-state index contributed by atoms with van der Waals surface area (Å²) in [4.78, 5) is 5.14. The normalized spacial score (nSPS) is 27.9. The van der Waals surface area contributed by atoms with Gasteiger partial charge in [-0.2, -0.15) is 0 Å². The lowest BCUT2D eigenvalue weighted by Gasteiger charge is -2.14. The molecule has 0 aliphatic carbocycles. The van der Waals surface area contributed by atoms with Crippen molar-refractivity contribution in [3.63, 3.8) is 0 Å². The zero-order valence-corrected chi connectivity index (χ0v) is 6.22. The SMILES string of the molecule is CCC1=CON(C)C1C. The number of hydrogen-bond acceptors (Lipinski definition) is 2. The quantitative estimate of drug-likeness (QED) is 0.530. The zero-order chi connectivity index (χ0) is 6.85. The van der Waals surface area contributed by atoms with Crippen LogP contribution in [0, 0.1) is 0 Å². The first-order valence-corrected chi connectivity index (χ1v) is 3.34. The van der Waals surface area contributed by atoms with E-state index >= 15 is 0 Å². The van der Waals surface area contributed by atoms with Crippen LogP contribution in [0.1, 0.15) is 20.3 Å². The molecule has 2 nitrogen and oxygen atoms in total. The Bertz CT molecular complexity index is 131. The molecule has 0 aromatic rings. The highest BCUT2D eigenvalue weighted by Gasteiger charge is 2.19. The molecule has 0 radical (unpaired) electrons. The highest BCUT2D eigenvalue weighted by atomic mass is 16.7. The summed E-state index contributed by atoms with van der Waals surface area (Å²) in [6.07, 6.45) is 2.93. The molecule has 1 rings (SSSR count). The molecule has 0 aromatic carbocycles. The summed E-state index contributed by atoms with van der Waals surface area (Å²) in [5.74, 6) is 0. The molecule has 0 aromatic heterocycles. The predicted molar refractivity (Wildman–Crippen MR) is 36.7 cm³/mol. The van der Waals surface area contributed by atoms with Gasteiger partial charge < -0.3 is 4.84 Å². The summed E-state index contributed by atoms with van der Waals surface area (Å²) in [5.41, 5.74) is 1.37. The molecule has 0 spiro atoms. The van der Waals surface area contributed by atoms with Gasteiger partial charge in [0, 0.05) is 7.05 Å². The minimum Gasteiger partial charge on any atom is -0.413 e. The molecule has 1 aliphatic heterocycles. The van der Waals surface area contributed by atoms with E-state index in [-0.39, 0.29) is 0 Å². The third kappa shape index (κ3) is 1.08. The molecule has 1 heterocycles. The number of rotatable bonds is 1. The van der Waals surface area contributed by atoms with Crippen molar-refractivity contribution in [2.45, 2.75) is 26.3 Å². The second-order valence-corrected chi connectivity index (χ2v) is 2.37. The molecule has 0 saturated heterocycles. The van der Waals surface area contributed by atoms with Crippen molar-refractivity contribution in [1.29, 1.82) is 0 Å². The van der Waals surface area contributed by atoms with Crippen molar-refractivity contribution in [3.8, 4) is 0 Å². The Balaban J connectivity index is 2.55. The molecule has 52 valence electrons. The second kappa shape index (κ2) is 2.40. The lowest BCUT2D eigenvalue weighted by atomic mass is 10.1. The number of likely N-dealkylation sites (N-methyl/N-ethyl adjacent to an activating group) is 1. The average molecular weight is 127 g/mol. The molecule has 1 unspecified atom stereocenters. The Morgan fingerprint density at radius 3 is 2.67 bits per heavy atom. The Kier molecular flexibility index (Phi) is 1.76. The smallest absolute Gasteiger partial charge is 0.112 e. The van der Waals surface area contributed by atoms with E-state index in [1.54, 1.807) is 0 Å². The number of nitrogens with zero attached hydrogens (tertiary/aromatic N) is 1. The van der Waals surface area contributed by atoms with Crippen molar-refractivity contribution >= 4 is 0 Å². The van der Waals surface area contributed by atoms with Crippen LogP contribution in [0.4, 0.5) is 0 Å². The van der Waals surface area contributed by atoms with Gasteiger partial charge in [0.2, 0.25) is 0 Å². The maximum Gasteiger partial charge on any atom is 0.112 e. The first-order chi connectivity index (χ1) is 4.25. The third-order valence-corrected chi connectivity index (χ3v) is 1.86. The Morgan fingerprint density at radius 2 is 2.44 bits per heavy atom. The average Bonchev–Trinajstić information content (AvgIpc) is 2.15. The Hall–Kier alpha value is -0.500. The fraction of sp³-hybridized carbons (Fsp3) is 0.714. The predicted octanol–water partition coefficient (Wildman–Crippen LogP) is 1.55. The van der Waals surface area contributed by atoms with Crippen LogP contribution in [-0.2, 0) is 4.84 Å². The first kappa shape index (κ1) is 6.62. The van der Waals surface area contributed by atoms with Crippen LogP contribution in [0.2, 0.25) is 0 Å². The van der Waals surface area contributed by atoms with Crippen molar-refractivity contribution in [2.24, 2.45) is 0 Å². The van der Waals surface area contributed by atoms with Gasteiger partial charge in [-0.1, -0.05) is 6.92 Å². The molecule has 0 saturated carbocycles. The van der Waals surface area contributed by atoms with Gasteiger partial charge in [0.05, 0.1) is 6.04 Å². The zero-order valence-electron chi connectivity index (χ0n) is 6.22. The van der Waals surface area contributed by atoms with Gasteiger partial charge in [0.15, 0.2) is 0 Å². The minimum absolute atomic E-state index is 0.468. The van der Waals surface area contributed by atoms with E-state index in [0.717, 1.165) is 6.42 Å². The highest BCUT2D eigenvalue weighted by Crippen LogP contribution is 2.19. The molecule has 1 atom stereocenters. The summed E-state index contributed by atoms with van der Waals surface area (Å²) in [6.45, 7) is 4.28. The standard InChI is InChI=1S/C7H13NO/c1-4-7-5-9-8(3)6(7)2/h5-6H,4H2,1-3H3. The van der Waals surface area contributed by atoms with Gasteiger partial charge in [-0.15, -0.1) is 5.06 Å². The number of hydroxylamine groups is 2. The van der Waals surface area contributed by atoms with E-state index in [1.807, 2.05) is 18.4 Å². The van der Waals surface area contributed by atoms with E-state index in [0.29, 0.717) is 6.04 Å². The van der Waals surface area contributed by atoms with Crippen molar-refractivity contribution in [2.75, 3.05) is 7.05 Å². The molecule has 0 fully saturated rings. The van der Waals surface area contributed by atoms with Crippen LogP contribution in [0.3, 0.4) is 0 Å². The van der Waals surface area contributed by atoms with E-state index in [2.05, 4.69) is 13.8 Å². The minimum atomic E-state index is 0.468. The van der Waals surface area contributed by atoms with Crippen molar-refractivity contribution in [1.82, 2.24) is 5.06 Å². The van der Waals surface area contributed by atoms with Crippen LogP contribution in [0.25, 0.3) is 0 Å².